The van der Waals surface area contributed by atoms with E-state index in [0.29, 0.717) is 23.9 Å². The summed E-state index contributed by atoms with van der Waals surface area (Å²) in [4.78, 5) is 7.71. The highest BCUT2D eigenvalue weighted by atomic mass is 32.1. The molecule has 0 bridgehead atoms. The third-order valence-electron chi connectivity index (χ3n) is 3.93. The molecule has 0 saturated carbocycles. The zero-order chi connectivity index (χ0) is 18.0. The number of aliphatic hydroxyl groups is 1. The average molecular weight is 362 g/mol. The highest BCUT2D eigenvalue weighted by molar-refractivity contribution is 7.17. The number of aryl methyl sites for hydroxylation is 1. The number of benzene rings is 1. The molecule has 1 unspecified atom stereocenters. The molecule has 0 aliphatic rings. The molecule has 2 heterocycles. The van der Waals surface area contributed by atoms with Crippen LogP contribution < -0.4 is 4.74 Å². The van der Waals surface area contributed by atoms with Gasteiger partial charge in [-0.3, -0.25) is 4.90 Å². The number of fused-ring (bicyclic) bond motifs is 1. The van der Waals surface area contributed by atoms with Gasteiger partial charge in [0.1, 0.15) is 11.6 Å². The lowest BCUT2D eigenvalue weighted by atomic mass is 10.0. The monoisotopic (exact) mass is 362 g/mol. The number of nitrogens with zero attached hydrogens (tertiary/aromatic N) is 4. The number of rotatable bonds is 7. The molecule has 7 nitrogen and oxygen atoms in total. The lowest BCUT2D eigenvalue weighted by molar-refractivity contribution is 0.196. The van der Waals surface area contributed by atoms with Crippen LogP contribution in [0.5, 0.6) is 11.6 Å². The summed E-state index contributed by atoms with van der Waals surface area (Å²) in [6, 6.07) is 7.55. The molecule has 0 aliphatic heterocycles. The number of hydrogen-bond acceptors (Lipinski definition) is 7. The molecule has 0 fully saturated rings. The van der Waals surface area contributed by atoms with Crippen LogP contribution in [-0.4, -0.2) is 56.5 Å². The van der Waals surface area contributed by atoms with Crippen molar-refractivity contribution < 1.29 is 14.9 Å². The first kappa shape index (κ1) is 17.7. The number of aromatic nitrogens is 3. The van der Waals surface area contributed by atoms with Crippen molar-refractivity contribution in [2.45, 2.75) is 19.9 Å². The SMILES string of the molecule is CCOc1cccc(C(c2sc3nc(C)nn3c2O)N(C)CCO)c1. The Hall–Kier alpha value is -2.16. The maximum Gasteiger partial charge on any atom is 0.230 e. The lowest BCUT2D eigenvalue weighted by Crippen LogP contribution is -2.28. The molecule has 134 valence electrons. The second-order valence-electron chi connectivity index (χ2n) is 5.76. The van der Waals surface area contributed by atoms with Crippen LogP contribution in [0.3, 0.4) is 0 Å². The van der Waals surface area contributed by atoms with Gasteiger partial charge in [0.25, 0.3) is 0 Å². The Morgan fingerprint density at radius 2 is 2.20 bits per heavy atom. The van der Waals surface area contributed by atoms with Gasteiger partial charge in [0.15, 0.2) is 0 Å². The minimum atomic E-state index is -0.235. The van der Waals surface area contributed by atoms with E-state index in [9.17, 15) is 10.2 Å². The van der Waals surface area contributed by atoms with Crippen LogP contribution in [0, 0.1) is 6.92 Å². The number of likely N-dealkylation sites (N-methyl/N-ethyl adjacent to an activating group) is 1. The van der Waals surface area contributed by atoms with Crippen molar-refractivity contribution in [1.29, 1.82) is 0 Å². The van der Waals surface area contributed by atoms with E-state index in [0.717, 1.165) is 16.2 Å². The predicted octanol–water partition coefficient (Wildman–Crippen LogP) is 2.22. The molecule has 25 heavy (non-hydrogen) atoms. The van der Waals surface area contributed by atoms with E-state index in [2.05, 4.69) is 10.1 Å². The van der Waals surface area contributed by atoms with Gasteiger partial charge in [0.05, 0.1) is 24.1 Å². The summed E-state index contributed by atoms with van der Waals surface area (Å²) < 4.78 is 7.07. The molecule has 0 radical (unpaired) electrons. The fourth-order valence-corrected chi connectivity index (χ4v) is 4.05. The van der Waals surface area contributed by atoms with E-state index in [1.54, 1.807) is 6.92 Å². The second kappa shape index (κ2) is 7.38. The van der Waals surface area contributed by atoms with Crippen molar-refractivity contribution in [3.8, 4) is 11.6 Å². The van der Waals surface area contributed by atoms with Gasteiger partial charge in [-0.05, 0) is 38.6 Å². The topological polar surface area (TPSA) is 83.1 Å². The second-order valence-corrected chi connectivity index (χ2v) is 6.76. The van der Waals surface area contributed by atoms with Gasteiger partial charge in [-0.2, -0.15) is 4.52 Å². The van der Waals surface area contributed by atoms with Gasteiger partial charge in [0.2, 0.25) is 10.8 Å². The van der Waals surface area contributed by atoms with E-state index < -0.39 is 0 Å². The highest BCUT2D eigenvalue weighted by Gasteiger charge is 2.27. The zero-order valence-electron chi connectivity index (χ0n) is 14.5. The van der Waals surface area contributed by atoms with Crippen LogP contribution in [-0.2, 0) is 0 Å². The lowest BCUT2D eigenvalue weighted by Gasteiger charge is -2.27. The normalized spacial score (nSPS) is 12.8. The number of hydrogen-bond donors (Lipinski definition) is 2. The Labute approximate surface area is 150 Å². The van der Waals surface area contributed by atoms with Gasteiger partial charge >= 0.3 is 0 Å². The third-order valence-corrected chi connectivity index (χ3v) is 5.00. The first-order valence-electron chi connectivity index (χ1n) is 8.14. The maximum atomic E-state index is 10.7. The summed E-state index contributed by atoms with van der Waals surface area (Å²) in [6.07, 6.45) is 0. The molecule has 0 aliphatic carbocycles. The van der Waals surface area contributed by atoms with E-state index in [4.69, 9.17) is 4.74 Å². The number of aliphatic hydroxyl groups excluding tert-OH is 1. The Kier molecular flexibility index (Phi) is 5.22. The van der Waals surface area contributed by atoms with Crippen LogP contribution in [0.1, 0.15) is 29.2 Å². The predicted molar refractivity (Wildman–Crippen MR) is 96.4 cm³/mol. The molecule has 1 aromatic carbocycles. The Bertz CT molecular complexity index is 861. The van der Waals surface area contributed by atoms with E-state index in [-0.39, 0.29) is 18.5 Å². The fourth-order valence-electron chi connectivity index (χ4n) is 2.86. The van der Waals surface area contributed by atoms with Gasteiger partial charge in [-0.15, -0.1) is 5.10 Å². The Balaban J connectivity index is 2.09. The van der Waals surface area contributed by atoms with E-state index in [1.807, 2.05) is 43.1 Å². The van der Waals surface area contributed by atoms with Gasteiger partial charge < -0.3 is 14.9 Å². The zero-order valence-corrected chi connectivity index (χ0v) is 15.3. The molecule has 0 amide bonds. The Morgan fingerprint density at radius 1 is 1.40 bits per heavy atom. The molecule has 1 atom stereocenters. The standard InChI is InChI=1S/C17H22N4O3S/c1-4-24-13-7-5-6-12(10-13)14(20(3)8-9-22)15-16(23)21-17(25-15)18-11(2)19-21/h5-7,10,14,22-23H,4,8-9H2,1-3H3. The van der Waals surface area contributed by atoms with Crippen molar-refractivity contribution >= 4 is 16.3 Å². The summed E-state index contributed by atoms with van der Waals surface area (Å²) in [5.74, 6) is 1.47. The molecule has 8 heteroatoms. The summed E-state index contributed by atoms with van der Waals surface area (Å²) in [6.45, 7) is 4.81. The molecule has 0 saturated heterocycles. The van der Waals surface area contributed by atoms with Gasteiger partial charge in [0, 0.05) is 6.54 Å². The molecule has 3 rings (SSSR count). The maximum absolute atomic E-state index is 10.7. The van der Waals surface area contributed by atoms with Crippen LogP contribution in [0.4, 0.5) is 0 Å². The van der Waals surface area contributed by atoms with Crippen LogP contribution in [0.2, 0.25) is 0 Å². The largest absolute Gasteiger partial charge is 0.494 e. The first-order chi connectivity index (χ1) is 12.0. The molecular weight excluding hydrogens is 340 g/mol. The summed E-state index contributed by atoms with van der Waals surface area (Å²) >= 11 is 1.40. The smallest absolute Gasteiger partial charge is 0.230 e. The summed E-state index contributed by atoms with van der Waals surface area (Å²) in [5.41, 5.74) is 0.971. The Morgan fingerprint density at radius 3 is 2.88 bits per heavy atom. The van der Waals surface area contributed by atoms with Crippen molar-refractivity contribution in [2.75, 3.05) is 26.8 Å². The van der Waals surface area contributed by atoms with Crippen LogP contribution >= 0.6 is 11.3 Å². The van der Waals surface area contributed by atoms with E-state index in [1.165, 1.54) is 15.9 Å². The first-order valence-corrected chi connectivity index (χ1v) is 8.95. The average Bonchev–Trinajstić information content (AvgIpc) is 3.07. The van der Waals surface area contributed by atoms with Crippen molar-refractivity contribution in [3.63, 3.8) is 0 Å². The molecule has 3 aromatic rings. The summed E-state index contributed by atoms with van der Waals surface area (Å²) in [7, 11) is 1.91. The van der Waals surface area contributed by atoms with Crippen LogP contribution in [0.25, 0.3) is 4.96 Å². The van der Waals surface area contributed by atoms with Crippen molar-refractivity contribution in [1.82, 2.24) is 19.5 Å². The van der Waals surface area contributed by atoms with Crippen LogP contribution in [0.15, 0.2) is 24.3 Å². The van der Waals surface area contributed by atoms with Crippen molar-refractivity contribution in [3.05, 3.63) is 40.5 Å². The molecular formula is C17H22N4O3S. The number of aromatic hydroxyl groups is 1. The third kappa shape index (κ3) is 3.46. The minimum absolute atomic E-state index is 0.0266. The molecule has 2 aromatic heterocycles. The van der Waals surface area contributed by atoms with Gasteiger partial charge in [-0.1, -0.05) is 23.5 Å². The molecule has 0 spiro atoms. The number of thiazole rings is 1. The minimum Gasteiger partial charge on any atom is -0.494 e. The van der Waals surface area contributed by atoms with Crippen molar-refractivity contribution in [2.24, 2.45) is 0 Å². The quantitative estimate of drug-likeness (QED) is 0.671. The van der Waals surface area contributed by atoms with Gasteiger partial charge in [-0.25, -0.2) is 4.98 Å². The summed E-state index contributed by atoms with van der Waals surface area (Å²) in [5, 5.41) is 24.3. The fraction of sp³-hybridized carbons (Fsp3) is 0.412. The highest BCUT2D eigenvalue weighted by Crippen LogP contribution is 2.39. The number of ether oxygens (including phenoxy) is 1. The van der Waals surface area contributed by atoms with E-state index >= 15 is 0 Å². The molecule has 2 N–H and O–H groups in total.